The first-order valence-electron chi connectivity index (χ1n) is 6.80. The third kappa shape index (κ3) is 2.00. The van der Waals surface area contributed by atoms with Crippen LogP contribution in [0.4, 0.5) is 0 Å². The Kier molecular flexibility index (Phi) is 3.15. The van der Waals surface area contributed by atoms with Gasteiger partial charge in [-0.1, -0.05) is 0 Å². The van der Waals surface area contributed by atoms with Crippen LogP contribution in [0.5, 0.6) is 0 Å². The predicted molar refractivity (Wildman–Crippen MR) is 71.2 cm³/mol. The van der Waals surface area contributed by atoms with Gasteiger partial charge in [-0.25, -0.2) is 13.4 Å². The largest absolute Gasteiger partial charge is 0.336 e. The molecule has 0 amide bonds. The Hall–Kier alpha value is -0.920. The topological polar surface area (TPSA) is 67.2 Å². The lowest BCUT2D eigenvalue weighted by molar-refractivity contribution is 0.334. The number of nitrogens with zero attached hydrogens (tertiary/aromatic N) is 3. The molecule has 0 radical (unpaired) electrons. The summed E-state index contributed by atoms with van der Waals surface area (Å²) in [5, 5.41) is 3.46. The molecule has 19 heavy (non-hydrogen) atoms. The molecule has 2 fully saturated rings. The van der Waals surface area contributed by atoms with Crippen molar-refractivity contribution in [2.45, 2.75) is 43.9 Å². The molecule has 3 heterocycles. The van der Waals surface area contributed by atoms with Gasteiger partial charge in [-0.3, -0.25) is 0 Å². The quantitative estimate of drug-likeness (QED) is 0.865. The zero-order valence-corrected chi connectivity index (χ0v) is 12.1. The number of hydrogen-bond donors (Lipinski definition) is 1. The number of fused-ring (bicyclic) bond motifs is 1. The van der Waals surface area contributed by atoms with Crippen molar-refractivity contribution in [3.8, 4) is 0 Å². The molecule has 1 N–H and O–H groups in total. The molecule has 3 unspecified atom stereocenters. The number of hydrogen-bond acceptors (Lipinski definition) is 4. The fourth-order valence-corrected chi connectivity index (χ4v) is 5.12. The van der Waals surface area contributed by atoms with Crippen molar-refractivity contribution in [1.29, 1.82) is 0 Å². The number of rotatable bonds is 3. The third-order valence-corrected chi connectivity index (χ3v) is 6.15. The summed E-state index contributed by atoms with van der Waals surface area (Å²) in [5.41, 5.74) is 0. The molecule has 7 heteroatoms. The van der Waals surface area contributed by atoms with E-state index in [9.17, 15) is 8.42 Å². The van der Waals surface area contributed by atoms with Crippen LogP contribution in [0.15, 0.2) is 17.6 Å². The molecule has 2 aliphatic rings. The second kappa shape index (κ2) is 4.57. The summed E-state index contributed by atoms with van der Waals surface area (Å²) in [6.45, 7) is 6.36. The van der Waals surface area contributed by atoms with Crippen LogP contribution in [0.3, 0.4) is 0 Å². The smallest absolute Gasteiger partial charge is 0.262 e. The average Bonchev–Trinajstić information content (AvgIpc) is 3.01. The summed E-state index contributed by atoms with van der Waals surface area (Å²) in [6.07, 6.45) is 4.14. The van der Waals surface area contributed by atoms with Crippen molar-refractivity contribution in [2.24, 2.45) is 5.92 Å². The Labute approximate surface area is 113 Å². The van der Waals surface area contributed by atoms with Crippen LogP contribution in [-0.2, 0) is 16.6 Å². The molecular formula is C12H20N4O2S. The highest BCUT2D eigenvalue weighted by molar-refractivity contribution is 7.89. The summed E-state index contributed by atoms with van der Waals surface area (Å²) in [6, 6.07) is 0.153. The molecule has 3 atom stereocenters. The molecule has 0 aliphatic carbocycles. The van der Waals surface area contributed by atoms with Crippen LogP contribution in [-0.4, -0.2) is 47.4 Å². The summed E-state index contributed by atoms with van der Waals surface area (Å²) in [5.74, 6) is 0.443. The van der Waals surface area contributed by atoms with Crippen molar-refractivity contribution in [3.63, 3.8) is 0 Å². The molecule has 0 bridgehead atoms. The Morgan fingerprint density at radius 2 is 2.26 bits per heavy atom. The van der Waals surface area contributed by atoms with Gasteiger partial charge in [0.1, 0.15) is 0 Å². The van der Waals surface area contributed by atoms with Gasteiger partial charge in [-0.2, -0.15) is 4.31 Å². The minimum absolute atomic E-state index is 0.0638. The highest BCUT2D eigenvalue weighted by Crippen LogP contribution is 2.36. The van der Waals surface area contributed by atoms with E-state index < -0.39 is 10.0 Å². The van der Waals surface area contributed by atoms with Crippen LogP contribution in [0.2, 0.25) is 0 Å². The monoisotopic (exact) mass is 284 g/mol. The van der Waals surface area contributed by atoms with E-state index in [1.54, 1.807) is 21.4 Å². The summed E-state index contributed by atoms with van der Waals surface area (Å²) < 4.78 is 28.9. The second-order valence-electron chi connectivity index (χ2n) is 5.45. The van der Waals surface area contributed by atoms with E-state index in [0.717, 1.165) is 26.1 Å². The first kappa shape index (κ1) is 13.1. The van der Waals surface area contributed by atoms with Crippen LogP contribution in [0, 0.1) is 5.92 Å². The maximum absolute atomic E-state index is 12.7. The molecule has 3 rings (SSSR count). The predicted octanol–water partition coefficient (Wildman–Crippen LogP) is 0.274. The van der Waals surface area contributed by atoms with Gasteiger partial charge in [0.05, 0.1) is 6.33 Å². The summed E-state index contributed by atoms with van der Waals surface area (Å²) in [4.78, 5) is 4.06. The maximum atomic E-state index is 12.7. The zero-order chi connectivity index (χ0) is 13.6. The van der Waals surface area contributed by atoms with Crippen molar-refractivity contribution in [1.82, 2.24) is 19.2 Å². The van der Waals surface area contributed by atoms with E-state index in [1.807, 2.05) is 13.8 Å². The van der Waals surface area contributed by atoms with Crippen LogP contribution < -0.4 is 5.32 Å². The Morgan fingerprint density at radius 3 is 2.95 bits per heavy atom. The Morgan fingerprint density at radius 1 is 1.47 bits per heavy atom. The average molecular weight is 284 g/mol. The summed E-state index contributed by atoms with van der Waals surface area (Å²) in [7, 11) is -3.47. The SMILES string of the molecule is CCn1cnc(S(=O)(=O)N2C(C)CC3CNCC32)c1. The molecule has 2 saturated heterocycles. The molecule has 0 saturated carbocycles. The second-order valence-corrected chi connectivity index (χ2v) is 7.24. The molecular weight excluding hydrogens is 264 g/mol. The Bertz CT molecular complexity index is 568. The number of imidazole rings is 1. The third-order valence-electron chi connectivity index (χ3n) is 4.23. The van der Waals surface area contributed by atoms with Gasteiger partial charge < -0.3 is 9.88 Å². The van der Waals surface area contributed by atoms with E-state index in [0.29, 0.717) is 5.92 Å². The van der Waals surface area contributed by atoms with Gasteiger partial charge in [-0.15, -0.1) is 0 Å². The molecule has 6 nitrogen and oxygen atoms in total. The fourth-order valence-electron chi connectivity index (χ4n) is 3.30. The van der Waals surface area contributed by atoms with Crippen molar-refractivity contribution in [3.05, 3.63) is 12.5 Å². The molecule has 2 aliphatic heterocycles. The van der Waals surface area contributed by atoms with E-state index >= 15 is 0 Å². The van der Waals surface area contributed by atoms with Crippen molar-refractivity contribution < 1.29 is 8.42 Å². The molecule has 0 spiro atoms. The van der Waals surface area contributed by atoms with E-state index in [2.05, 4.69) is 10.3 Å². The fraction of sp³-hybridized carbons (Fsp3) is 0.750. The van der Waals surface area contributed by atoms with Gasteiger partial charge in [0.2, 0.25) is 0 Å². The number of sulfonamides is 1. The highest BCUT2D eigenvalue weighted by atomic mass is 32.2. The highest BCUT2D eigenvalue weighted by Gasteiger charge is 2.48. The maximum Gasteiger partial charge on any atom is 0.262 e. The van der Waals surface area contributed by atoms with Crippen LogP contribution in [0.1, 0.15) is 20.3 Å². The minimum Gasteiger partial charge on any atom is -0.336 e. The summed E-state index contributed by atoms with van der Waals surface area (Å²) >= 11 is 0. The zero-order valence-electron chi connectivity index (χ0n) is 11.3. The van der Waals surface area contributed by atoms with E-state index in [-0.39, 0.29) is 17.1 Å². The standard InChI is InChI=1S/C12H20N4O2S/c1-3-15-7-12(14-8-15)19(17,18)16-9(2)4-10-5-13-6-11(10)16/h7-11,13H,3-6H2,1-2H3. The lowest BCUT2D eigenvalue weighted by Gasteiger charge is -2.25. The Balaban J connectivity index is 1.95. The molecule has 106 valence electrons. The normalized spacial score (nSPS) is 31.8. The first-order chi connectivity index (χ1) is 9.04. The van der Waals surface area contributed by atoms with Gasteiger partial charge in [0.25, 0.3) is 10.0 Å². The van der Waals surface area contributed by atoms with Gasteiger partial charge in [0, 0.05) is 31.4 Å². The molecule has 0 aromatic carbocycles. The lowest BCUT2D eigenvalue weighted by Crippen LogP contribution is -2.42. The van der Waals surface area contributed by atoms with Crippen LogP contribution in [0.25, 0.3) is 0 Å². The molecule has 1 aromatic heterocycles. The van der Waals surface area contributed by atoms with Crippen LogP contribution >= 0.6 is 0 Å². The van der Waals surface area contributed by atoms with Crippen molar-refractivity contribution in [2.75, 3.05) is 13.1 Å². The van der Waals surface area contributed by atoms with Crippen molar-refractivity contribution >= 4 is 10.0 Å². The minimum atomic E-state index is -3.47. The van der Waals surface area contributed by atoms with Gasteiger partial charge >= 0.3 is 0 Å². The molecule has 1 aromatic rings. The number of aromatic nitrogens is 2. The number of nitrogens with one attached hydrogen (secondary N) is 1. The van der Waals surface area contributed by atoms with E-state index in [1.165, 1.54) is 0 Å². The van der Waals surface area contributed by atoms with Gasteiger partial charge in [-0.05, 0) is 32.7 Å². The van der Waals surface area contributed by atoms with Gasteiger partial charge in [0.15, 0.2) is 5.03 Å². The lowest BCUT2D eigenvalue weighted by atomic mass is 10.0. The van der Waals surface area contributed by atoms with E-state index in [4.69, 9.17) is 0 Å². The number of aryl methyl sites for hydroxylation is 1. The first-order valence-corrected chi connectivity index (χ1v) is 8.24.